The average molecular weight is 267 g/mol. The van der Waals surface area contributed by atoms with Crippen LogP contribution in [-0.4, -0.2) is 4.90 Å². The lowest BCUT2D eigenvalue weighted by Gasteiger charge is -2.22. The highest BCUT2D eigenvalue weighted by Crippen LogP contribution is 2.23. The molecule has 0 radical (unpaired) electrons. The molecule has 0 unspecified atom stereocenters. The van der Waals surface area contributed by atoms with Crippen molar-refractivity contribution in [2.75, 3.05) is 0 Å². The molecule has 1 nitrogen and oxygen atoms in total. The molecule has 0 bridgehead atoms. The molecule has 0 saturated heterocycles. The highest BCUT2D eigenvalue weighted by Gasteiger charge is 2.08. The molecule has 20 heavy (non-hydrogen) atoms. The second-order valence-corrected chi connectivity index (χ2v) is 5.42. The van der Waals surface area contributed by atoms with Crippen molar-refractivity contribution in [1.29, 1.82) is 0 Å². The summed E-state index contributed by atoms with van der Waals surface area (Å²) in [4.78, 5) is 2.07. The average Bonchev–Trinajstić information content (AvgIpc) is 2.39. The van der Waals surface area contributed by atoms with Crippen LogP contribution in [0.2, 0.25) is 0 Å². The van der Waals surface area contributed by atoms with Crippen LogP contribution in [0.25, 0.3) is 0 Å². The third kappa shape index (κ3) is 4.27. The summed E-state index contributed by atoms with van der Waals surface area (Å²) in [5.74, 6) is 0. The van der Waals surface area contributed by atoms with Gasteiger partial charge in [-0.05, 0) is 63.0 Å². The highest BCUT2D eigenvalue weighted by atomic mass is 15.1. The standard InChI is InChI=1S/C19H25N/c1-8-15(4)16(5)11-17(6)19-10-9-18(7)20(13-19)12-14(2)3/h8-13H,1,7H2,2-6H3/b16-15-,17-11+. The molecule has 0 N–H and O–H groups in total. The van der Waals surface area contributed by atoms with E-state index in [4.69, 9.17) is 0 Å². The Balaban J connectivity index is 3.11. The van der Waals surface area contributed by atoms with Gasteiger partial charge in [-0.15, -0.1) is 0 Å². The number of hydrogen-bond acceptors (Lipinski definition) is 1. The van der Waals surface area contributed by atoms with Crippen molar-refractivity contribution in [3.8, 4) is 0 Å². The lowest BCUT2D eigenvalue weighted by atomic mass is 10.0. The molecule has 0 spiro atoms. The van der Waals surface area contributed by atoms with Gasteiger partial charge < -0.3 is 4.90 Å². The largest absolute Gasteiger partial charge is 0.324 e. The summed E-state index contributed by atoms with van der Waals surface area (Å²) in [6.45, 7) is 18.4. The summed E-state index contributed by atoms with van der Waals surface area (Å²) in [5, 5.41) is 0. The fourth-order valence-corrected chi connectivity index (χ4v) is 1.86. The van der Waals surface area contributed by atoms with Crippen molar-refractivity contribution in [3.05, 3.63) is 83.4 Å². The SMILES string of the molecule is C=C/C(C)=C(C)\C=C(/C)C1=CN(C=C(C)C)C(=C)C=C1. The Morgan fingerprint density at radius 1 is 1.05 bits per heavy atom. The molecule has 0 aliphatic carbocycles. The normalized spacial score (nSPS) is 16.6. The van der Waals surface area contributed by atoms with E-state index in [1.165, 1.54) is 27.9 Å². The van der Waals surface area contributed by atoms with Gasteiger partial charge in [0.15, 0.2) is 0 Å². The lowest BCUT2D eigenvalue weighted by molar-refractivity contribution is 0.636. The third-order valence-corrected chi connectivity index (χ3v) is 3.28. The molecule has 1 aliphatic heterocycles. The van der Waals surface area contributed by atoms with Crippen molar-refractivity contribution in [3.63, 3.8) is 0 Å². The zero-order valence-corrected chi connectivity index (χ0v) is 13.3. The minimum Gasteiger partial charge on any atom is -0.324 e. The van der Waals surface area contributed by atoms with Crippen molar-refractivity contribution in [2.24, 2.45) is 0 Å². The van der Waals surface area contributed by atoms with E-state index < -0.39 is 0 Å². The van der Waals surface area contributed by atoms with Gasteiger partial charge in [-0.25, -0.2) is 0 Å². The van der Waals surface area contributed by atoms with Gasteiger partial charge >= 0.3 is 0 Å². The molecule has 106 valence electrons. The minimum absolute atomic E-state index is 0.984. The predicted octanol–water partition coefficient (Wildman–Crippen LogP) is 5.65. The maximum absolute atomic E-state index is 4.05. The topological polar surface area (TPSA) is 3.24 Å². The van der Waals surface area contributed by atoms with E-state index in [1.54, 1.807) is 0 Å². The Labute approximate surface area is 123 Å². The summed E-state index contributed by atoms with van der Waals surface area (Å²) in [5.41, 5.74) is 7.11. The van der Waals surface area contributed by atoms with Crippen molar-refractivity contribution < 1.29 is 0 Å². The fraction of sp³-hybridized carbons (Fsp3) is 0.263. The highest BCUT2D eigenvalue weighted by molar-refractivity contribution is 5.48. The van der Waals surface area contributed by atoms with Crippen LogP contribution in [-0.2, 0) is 0 Å². The molecule has 0 aromatic heterocycles. The predicted molar refractivity (Wildman–Crippen MR) is 90.0 cm³/mol. The van der Waals surface area contributed by atoms with E-state index in [2.05, 4.69) is 77.2 Å². The summed E-state index contributed by atoms with van der Waals surface area (Å²) in [6, 6.07) is 0. The second-order valence-electron chi connectivity index (χ2n) is 5.42. The van der Waals surface area contributed by atoms with Crippen LogP contribution in [0.15, 0.2) is 83.4 Å². The zero-order chi connectivity index (χ0) is 15.3. The lowest BCUT2D eigenvalue weighted by Crippen LogP contribution is -2.11. The van der Waals surface area contributed by atoms with Gasteiger partial charge in [0, 0.05) is 18.1 Å². The molecular formula is C19H25N. The van der Waals surface area contributed by atoms with Crippen molar-refractivity contribution in [1.82, 2.24) is 4.90 Å². The summed E-state index contributed by atoms with van der Waals surface area (Å²) in [7, 11) is 0. The molecule has 0 atom stereocenters. The van der Waals surface area contributed by atoms with Crippen LogP contribution < -0.4 is 0 Å². The summed E-state index contributed by atoms with van der Waals surface area (Å²) < 4.78 is 0. The molecular weight excluding hydrogens is 242 g/mol. The third-order valence-electron chi connectivity index (χ3n) is 3.28. The number of hydrogen-bond donors (Lipinski definition) is 0. The maximum Gasteiger partial charge on any atom is 0.0377 e. The van der Waals surface area contributed by atoms with E-state index in [0.717, 1.165) is 5.70 Å². The molecule has 1 heterocycles. The number of nitrogens with zero attached hydrogens (tertiary/aromatic N) is 1. The Bertz CT molecular complexity index is 559. The van der Waals surface area contributed by atoms with Crippen molar-refractivity contribution >= 4 is 0 Å². The van der Waals surface area contributed by atoms with E-state index in [1.807, 2.05) is 12.2 Å². The second kappa shape index (κ2) is 6.95. The quantitative estimate of drug-likeness (QED) is 0.595. The van der Waals surface area contributed by atoms with Gasteiger partial charge in [0.1, 0.15) is 0 Å². The first kappa shape index (κ1) is 16.0. The molecule has 0 amide bonds. The van der Waals surface area contributed by atoms with Gasteiger partial charge in [0.05, 0.1) is 0 Å². The van der Waals surface area contributed by atoms with E-state index in [-0.39, 0.29) is 0 Å². The number of rotatable bonds is 4. The van der Waals surface area contributed by atoms with Gasteiger partial charge in [0.25, 0.3) is 0 Å². The Kier molecular flexibility index (Phi) is 5.57. The molecule has 0 saturated carbocycles. The van der Waals surface area contributed by atoms with Crippen molar-refractivity contribution in [2.45, 2.75) is 34.6 Å². The van der Waals surface area contributed by atoms with Crippen LogP contribution in [0.5, 0.6) is 0 Å². The molecule has 0 aromatic carbocycles. The molecule has 1 heteroatoms. The van der Waals surface area contributed by atoms with Crippen LogP contribution in [0, 0.1) is 0 Å². The van der Waals surface area contributed by atoms with Gasteiger partial charge in [-0.3, -0.25) is 0 Å². The Morgan fingerprint density at radius 2 is 1.70 bits per heavy atom. The molecule has 0 fully saturated rings. The van der Waals surface area contributed by atoms with Crippen LogP contribution in [0.4, 0.5) is 0 Å². The van der Waals surface area contributed by atoms with Crippen LogP contribution in [0.3, 0.4) is 0 Å². The minimum atomic E-state index is 0.984. The van der Waals surface area contributed by atoms with Gasteiger partial charge in [0.2, 0.25) is 0 Å². The first-order chi connectivity index (χ1) is 9.35. The smallest absolute Gasteiger partial charge is 0.0377 e. The maximum atomic E-state index is 4.05. The van der Waals surface area contributed by atoms with Gasteiger partial charge in [-0.2, -0.15) is 0 Å². The van der Waals surface area contributed by atoms with Crippen LogP contribution >= 0.6 is 0 Å². The molecule has 1 rings (SSSR count). The first-order valence-electron chi connectivity index (χ1n) is 6.86. The zero-order valence-electron chi connectivity index (χ0n) is 13.3. The molecule has 1 aliphatic rings. The Morgan fingerprint density at radius 3 is 2.25 bits per heavy atom. The van der Waals surface area contributed by atoms with E-state index in [9.17, 15) is 0 Å². The van der Waals surface area contributed by atoms with E-state index >= 15 is 0 Å². The number of allylic oxidation sites excluding steroid dienone is 9. The van der Waals surface area contributed by atoms with Crippen LogP contribution in [0.1, 0.15) is 34.6 Å². The monoisotopic (exact) mass is 267 g/mol. The Hall–Kier alpha value is -2.02. The summed E-state index contributed by atoms with van der Waals surface area (Å²) in [6.07, 6.45) is 12.5. The summed E-state index contributed by atoms with van der Waals surface area (Å²) >= 11 is 0. The van der Waals surface area contributed by atoms with E-state index in [0.29, 0.717) is 0 Å². The fourth-order valence-electron chi connectivity index (χ4n) is 1.86. The van der Waals surface area contributed by atoms with Gasteiger partial charge in [-0.1, -0.05) is 37.0 Å². The first-order valence-corrected chi connectivity index (χ1v) is 6.86. The molecule has 0 aromatic rings.